The van der Waals surface area contributed by atoms with Crippen LogP contribution in [0.4, 0.5) is 10.2 Å². The third kappa shape index (κ3) is 4.59. The number of carbonyl (C=O) groups is 1. The number of halogens is 4. The fourth-order valence-corrected chi connectivity index (χ4v) is 3.03. The molecule has 0 saturated heterocycles. The van der Waals surface area contributed by atoms with Gasteiger partial charge in [-0.1, -0.05) is 34.8 Å². The number of nitrogens with zero attached hydrogens (tertiary/aromatic N) is 3. The van der Waals surface area contributed by atoms with Gasteiger partial charge >= 0.3 is 14.5 Å². The second kappa shape index (κ2) is 8.90. The number of rotatable bonds is 7. The summed E-state index contributed by atoms with van der Waals surface area (Å²) in [5, 5.41) is 17.5. The Labute approximate surface area is 165 Å². The molecule has 6 nitrogen and oxygen atoms in total. The molecule has 0 aliphatic rings. The predicted octanol–water partition coefficient (Wildman–Crippen LogP) is 3.44. The fourth-order valence-electron chi connectivity index (χ4n) is 2.21. The number of aromatic nitrogens is 2. The Kier molecular flexibility index (Phi) is 7.11. The number of ether oxygens (including phenoxy) is 1. The van der Waals surface area contributed by atoms with Gasteiger partial charge in [-0.15, -0.1) is 10.2 Å². The molecule has 2 aromatic rings. The van der Waals surface area contributed by atoms with E-state index in [9.17, 15) is 14.2 Å². The van der Waals surface area contributed by atoms with E-state index < -0.39 is 19.0 Å². The van der Waals surface area contributed by atoms with Gasteiger partial charge < -0.3 is 19.3 Å². The van der Waals surface area contributed by atoms with Crippen molar-refractivity contribution in [2.75, 3.05) is 4.72 Å². The van der Waals surface area contributed by atoms with E-state index in [4.69, 9.17) is 39.5 Å². The predicted molar refractivity (Wildman–Crippen MR) is 101 cm³/mol. The highest BCUT2D eigenvalue weighted by atomic mass is 35.5. The van der Waals surface area contributed by atoms with Crippen LogP contribution in [0.5, 0.6) is 5.75 Å². The maximum absolute atomic E-state index is 13.8. The van der Waals surface area contributed by atoms with Crippen molar-refractivity contribution < 1.29 is 18.9 Å². The van der Waals surface area contributed by atoms with Gasteiger partial charge in [0.2, 0.25) is 0 Å². The highest BCUT2D eigenvalue weighted by molar-refractivity contribution is 6.82. The van der Waals surface area contributed by atoms with Crippen LogP contribution in [-0.2, 0) is 4.79 Å². The number of anilines is 1. The molecule has 1 radical (unpaired) electrons. The van der Waals surface area contributed by atoms with Crippen molar-refractivity contribution in [3.8, 4) is 5.75 Å². The maximum atomic E-state index is 13.8. The van der Waals surface area contributed by atoms with Gasteiger partial charge in [0.25, 0.3) is 0 Å². The van der Waals surface area contributed by atoms with Crippen LogP contribution < -0.4 is 9.46 Å². The first-order chi connectivity index (χ1) is 12.3. The molecular formula is C14H12B2Cl3FN3O3. The summed E-state index contributed by atoms with van der Waals surface area (Å²) >= 11 is 18.0. The summed E-state index contributed by atoms with van der Waals surface area (Å²) in [4.78, 5) is 10.8. The lowest BCUT2D eigenvalue weighted by Gasteiger charge is -2.25. The zero-order valence-corrected chi connectivity index (χ0v) is 15.9. The van der Waals surface area contributed by atoms with E-state index in [0.717, 1.165) is 18.2 Å². The zero-order valence-electron chi connectivity index (χ0n) is 13.7. The first kappa shape index (κ1) is 20.8. The Balaban J connectivity index is 2.45. The molecule has 0 saturated carbocycles. The maximum Gasteiger partial charge on any atom is 0.397 e. The minimum atomic E-state index is -1.10. The van der Waals surface area contributed by atoms with Crippen molar-refractivity contribution in [3.05, 3.63) is 44.8 Å². The van der Waals surface area contributed by atoms with Crippen LogP contribution in [0.15, 0.2) is 18.2 Å². The average Bonchev–Trinajstić information content (AvgIpc) is 2.57. The smallest absolute Gasteiger partial charge is 0.397 e. The molecule has 135 valence electrons. The first-order valence-corrected chi connectivity index (χ1v) is 8.48. The monoisotopic (exact) mass is 416 g/mol. The minimum absolute atomic E-state index is 0.0176. The summed E-state index contributed by atoms with van der Waals surface area (Å²) in [6.07, 6.45) is -0.326. The van der Waals surface area contributed by atoms with Crippen LogP contribution in [0.25, 0.3) is 0 Å². The molecule has 1 heterocycles. The van der Waals surface area contributed by atoms with E-state index in [0.29, 0.717) is 6.19 Å². The van der Waals surface area contributed by atoms with Crippen molar-refractivity contribution >= 4 is 61.3 Å². The van der Waals surface area contributed by atoms with Crippen LogP contribution in [0.2, 0.25) is 22.0 Å². The summed E-state index contributed by atoms with van der Waals surface area (Å²) in [5.41, 5.74) is 0.232. The Morgan fingerprint density at radius 1 is 1.38 bits per heavy atom. The van der Waals surface area contributed by atoms with Gasteiger partial charge in [0.05, 0.1) is 5.02 Å². The van der Waals surface area contributed by atoms with Crippen LogP contribution in [0, 0.1) is 5.82 Å². The molecule has 0 aliphatic heterocycles. The lowest BCUT2D eigenvalue weighted by molar-refractivity contribution is 0.226. The molecule has 0 spiro atoms. The van der Waals surface area contributed by atoms with Gasteiger partial charge in [-0.25, -0.2) is 4.39 Å². The molecule has 0 fully saturated rings. The van der Waals surface area contributed by atoms with Crippen LogP contribution in [0.3, 0.4) is 0 Å². The quantitative estimate of drug-likeness (QED) is 0.423. The van der Waals surface area contributed by atoms with Gasteiger partial charge in [-0.3, -0.25) is 0 Å². The average molecular weight is 417 g/mol. The molecule has 1 aromatic carbocycles. The second-order valence-electron chi connectivity index (χ2n) is 5.20. The van der Waals surface area contributed by atoms with Crippen molar-refractivity contribution in [3.63, 3.8) is 0 Å². The summed E-state index contributed by atoms with van der Waals surface area (Å²) in [5.74, 6) is -0.521. The molecule has 0 aliphatic carbocycles. The number of carbonyl (C=O) groups excluding carboxylic acids is 1. The highest BCUT2D eigenvalue weighted by Crippen LogP contribution is 2.37. The molecule has 2 rings (SSSR count). The fraction of sp³-hybridized carbons (Fsp3) is 0.214. The largest absolute Gasteiger partial charge is 0.482 e. The Morgan fingerprint density at radius 3 is 2.69 bits per heavy atom. The highest BCUT2D eigenvalue weighted by Gasteiger charge is 2.26. The Bertz CT molecular complexity index is 816. The molecule has 1 N–H and O–H groups in total. The third-order valence-corrected chi connectivity index (χ3v) is 4.27. The number of hydrogen-bond donors (Lipinski definition) is 1. The molecule has 0 unspecified atom stereocenters. The molecule has 1 atom stereocenters. The molecule has 0 bridgehead atoms. The van der Waals surface area contributed by atoms with Gasteiger partial charge in [0, 0.05) is 16.7 Å². The van der Waals surface area contributed by atoms with Crippen LogP contribution in [-0.4, -0.2) is 35.9 Å². The summed E-state index contributed by atoms with van der Waals surface area (Å²) in [6.45, 7) is 3.02. The molecule has 12 heteroatoms. The summed E-state index contributed by atoms with van der Waals surface area (Å²) in [6, 6.07) is 3.85. The normalized spacial score (nSPS) is 11.7. The topological polar surface area (TPSA) is 75.5 Å². The molecule has 26 heavy (non-hydrogen) atoms. The Hall–Kier alpha value is -1.54. The Morgan fingerprint density at radius 2 is 2.08 bits per heavy atom. The lowest BCUT2D eigenvalue weighted by Crippen LogP contribution is -2.42. The van der Waals surface area contributed by atoms with Crippen molar-refractivity contribution in [2.45, 2.75) is 19.9 Å². The van der Waals surface area contributed by atoms with E-state index in [1.54, 1.807) is 6.92 Å². The SMILES string of the molecule is CB(O)N([B]C=O)c1nnc(Cl)cc1O[C@H](C)c1c(Cl)ccc(F)c1Cl. The van der Waals surface area contributed by atoms with Crippen LogP contribution in [0.1, 0.15) is 18.6 Å². The van der Waals surface area contributed by atoms with E-state index in [-0.39, 0.29) is 32.3 Å². The van der Waals surface area contributed by atoms with Crippen LogP contribution >= 0.6 is 34.8 Å². The minimum Gasteiger partial charge on any atom is -0.482 e. The van der Waals surface area contributed by atoms with E-state index >= 15 is 0 Å². The van der Waals surface area contributed by atoms with E-state index in [2.05, 4.69) is 10.2 Å². The second-order valence-corrected chi connectivity index (χ2v) is 6.37. The van der Waals surface area contributed by atoms with Gasteiger partial charge in [0.1, 0.15) is 18.1 Å². The zero-order chi connectivity index (χ0) is 19.4. The molecule has 1 aromatic heterocycles. The van der Waals surface area contributed by atoms with Gasteiger partial charge in [0.15, 0.2) is 16.7 Å². The van der Waals surface area contributed by atoms with Crippen molar-refractivity contribution in [2.24, 2.45) is 0 Å². The first-order valence-electron chi connectivity index (χ1n) is 7.34. The standard InChI is InChI=1S/C14H12B2Cl3FN3O3/c1-7(12-8(17)3-4-9(20)13(12)19)26-10-5-11(18)21-22-14(10)23(15-6-24)16(2)25/h3-7,25H,1-2H3/t7-/m1/s1. The van der Waals surface area contributed by atoms with Gasteiger partial charge in [-0.05, 0) is 25.9 Å². The molecule has 0 amide bonds. The number of benzene rings is 1. The molecular weight excluding hydrogens is 405 g/mol. The lowest BCUT2D eigenvalue weighted by atomic mass is 9.74. The van der Waals surface area contributed by atoms with Crippen molar-refractivity contribution in [1.29, 1.82) is 0 Å². The van der Waals surface area contributed by atoms with Crippen molar-refractivity contribution in [1.82, 2.24) is 10.2 Å². The van der Waals surface area contributed by atoms with E-state index in [1.165, 1.54) is 19.0 Å². The van der Waals surface area contributed by atoms with Gasteiger partial charge in [-0.2, -0.15) is 0 Å². The summed E-state index contributed by atoms with van der Waals surface area (Å²) < 4.78 is 20.7. The number of hydrogen-bond acceptors (Lipinski definition) is 6. The third-order valence-electron chi connectivity index (χ3n) is 3.37. The summed E-state index contributed by atoms with van der Waals surface area (Å²) in [7, 11) is -0.0444. The van der Waals surface area contributed by atoms with E-state index in [1.807, 2.05) is 0 Å².